The highest BCUT2D eigenvalue weighted by molar-refractivity contribution is 5.95. The highest BCUT2D eigenvalue weighted by atomic mass is 19.1. The van der Waals surface area contributed by atoms with Gasteiger partial charge in [0.25, 0.3) is 0 Å². The predicted molar refractivity (Wildman–Crippen MR) is 86.5 cm³/mol. The molecule has 0 unspecified atom stereocenters. The van der Waals surface area contributed by atoms with Crippen molar-refractivity contribution in [2.45, 2.75) is 26.8 Å². The van der Waals surface area contributed by atoms with Gasteiger partial charge in [-0.15, -0.1) is 0 Å². The Kier molecular flexibility index (Phi) is 3.53. The molecule has 112 valence electrons. The van der Waals surface area contributed by atoms with E-state index in [-0.39, 0.29) is 17.5 Å². The zero-order chi connectivity index (χ0) is 15.9. The number of hydrogen-bond acceptors (Lipinski definition) is 2. The Balaban J connectivity index is 2.44. The Morgan fingerprint density at radius 1 is 1.09 bits per heavy atom. The van der Waals surface area contributed by atoms with Crippen LogP contribution in [0.1, 0.15) is 25.5 Å². The summed E-state index contributed by atoms with van der Waals surface area (Å²) in [6.45, 7) is 5.91. The number of halogens is 1. The average Bonchev–Trinajstić information content (AvgIpc) is 2.46. The molecule has 22 heavy (non-hydrogen) atoms. The third-order valence-electron chi connectivity index (χ3n) is 3.79. The molecule has 0 saturated carbocycles. The van der Waals surface area contributed by atoms with E-state index >= 15 is 0 Å². The van der Waals surface area contributed by atoms with Gasteiger partial charge in [0, 0.05) is 17.0 Å². The average molecular weight is 296 g/mol. The number of aromatic nitrogens is 2. The summed E-state index contributed by atoms with van der Waals surface area (Å²) in [6, 6.07) is 12.0. The van der Waals surface area contributed by atoms with Crippen molar-refractivity contribution in [1.82, 2.24) is 9.55 Å². The first-order valence-corrected chi connectivity index (χ1v) is 7.27. The van der Waals surface area contributed by atoms with Gasteiger partial charge in [-0.2, -0.15) is 4.98 Å². The number of fused-ring (bicyclic) bond motifs is 1. The van der Waals surface area contributed by atoms with Crippen LogP contribution in [0.15, 0.2) is 47.3 Å². The Hall–Kier alpha value is -2.49. The van der Waals surface area contributed by atoms with E-state index in [9.17, 15) is 9.18 Å². The lowest BCUT2D eigenvalue weighted by atomic mass is 10.0. The maximum absolute atomic E-state index is 13.2. The highest BCUT2D eigenvalue weighted by Gasteiger charge is 2.15. The van der Waals surface area contributed by atoms with Crippen molar-refractivity contribution in [3.05, 3.63) is 64.3 Å². The summed E-state index contributed by atoms with van der Waals surface area (Å²) in [4.78, 5) is 16.7. The van der Waals surface area contributed by atoms with E-state index in [1.54, 1.807) is 16.7 Å². The summed E-state index contributed by atoms with van der Waals surface area (Å²) in [6.07, 6.45) is 0. The second-order valence-corrected chi connectivity index (χ2v) is 5.68. The van der Waals surface area contributed by atoms with Crippen molar-refractivity contribution in [2.24, 2.45) is 0 Å². The van der Waals surface area contributed by atoms with Crippen LogP contribution in [0.3, 0.4) is 0 Å². The van der Waals surface area contributed by atoms with Crippen LogP contribution in [0.2, 0.25) is 0 Å². The molecule has 1 heterocycles. The quantitative estimate of drug-likeness (QED) is 0.714. The summed E-state index contributed by atoms with van der Waals surface area (Å²) in [7, 11) is 0. The first kappa shape index (κ1) is 14.4. The highest BCUT2D eigenvalue weighted by Crippen LogP contribution is 2.29. The van der Waals surface area contributed by atoms with E-state index in [0.717, 1.165) is 22.0 Å². The van der Waals surface area contributed by atoms with Crippen molar-refractivity contribution in [3.8, 4) is 11.3 Å². The van der Waals surface area contributed by atoms with Crippen molar-refractivity contribution in [3.63, 3.8) is 0 Å². The van der Waals surface area contributed by atoms with Crippen LogP contribution in [-0.2, 0) is 0 Å². The van der Waals surface area contributed by atoms with E-state index in [4.69, 9.17) is 0 Å². The number of nitrogens with zero attached hydrogens (tertiary/aromatic N) is 2. The summed E-state index contributed by atoms with van der Waals surface area (Å²) in [5.41, 5.74) is 2.96. The largest absolute Gasteiger partial charge is 0.348 e. The van der Waals surface area contributed by atoms with E-state index in [1.807, 2.05) is 39.0 Å². The Morgan fingerprint density at radius 3 is 2.41 bits per heavy atom. The van der Waals surface area contributed by atoms with Crippen LogP contribution in [-0.4, -0.2) is 9.55 Å². The summed E-state index contributed by atoms with van der Waals surface area (Å²) < 4.78 is 14.8. The second-order valence-electron chi connectivity index (χ2n) is 5.68. The molecule has 3 aromatic rings. The van der Waals surface area contributed by atoms with Crippen molar-refractivity contribution in [1.29, 1.82) is 0 Å². The van der Waals surface area contributed by atoms with E-state index in [2.05, 4.69) is 4.98 Å². The van der Waals surface area contributed by atoms with Gasteiger partial charge in [-0.3, -0.25) is 4.57 Å². The Morgan fingerprint density at radius 2 is 1.77 bits per heavy atom. The molecule has 0 aliphatic heterocycles. The van der Waals surface area contributed by atoms with Crippen LogP contribution < -0.4 is 5.69 Å². The van der Waals surface area contributed by atoms with Gasteiger partial charge in [-0.25, -0.2) is 9.18 Å². The molecular formula is C18H17FN2O. The first-order chi connectivity index (χ1) is 10.5. The predicted octanol–water partition coefficient (Wildman–Crippen LogP) is 4.09. The van der Waals surface area contributed by atoms with Gasteiger partial charge >= 0.3 is 5.69 Å². The minimum absolute atomic E-state index is 0.0200. The SMILES string of the molecule is Cc1cccc2c1c(-c1ccc(F)cc1)nc(=O)n2C(C)C. The van der Waals surface area contributed by atoms with Crippen LogP contribution in [0.5, 0.6) is 0 Å². The monoisotopic (exact) mass is 296 g/mol. The number of rotatable bonds is 2. The summed E-state index contributed by atoms with van der Waals surface area (Å²) >= 11 is 0. The van der Waals surface area contributed by atoms with Gasteiger partial charge in [-0.05, 0) is 56.7 Å². The molecule has 0 atom stereocenters. The van der Waals surface area contributed by atoms with Gasteiger partial charge in [0.2, 0.25) is 0 Å². The standard InChI is InChI=1S/C18H17FN2O/c1-11(2)21-15-6-4-5-12(3)16(15)17(20-18(21)22)13-7-9-14(19)10-8-13/h4-11H,1-3H3. The molecule has 4 heteroatoms. The van der Waals surface area contributed by atoms with Crippen molar-refractivity contribution in [2.75, 3.05) is 0 Å². The third kappa shape index (κ3) is 2.30. The molecule has 3 nitrogen and oxygen atoms in total. The van der Waals surface area contributed by atoms with Gasteiger partial charge in [0.15, 0.2) is 0 Å². The third-order valence-corrected chi connectivity index (χ3v) is 3.79. The lowest BCUT2D eigenvalue weighted by Gasteiger charge is -2.16. The Labute approximate surface area is 128 Å². The smallest absolute Gasteiger partial charge is 0.289 e. The van der Waals surface area contributed by atoms with Crippen LogP contribution >= 0.6 is 0 Å². The molecule has 0 N–H and O–H groups in total. The molecule has 0 amide bonds. The van der Waals surface area contributed by atoms with Gasteiger partial charge < -0.3 is 0 Å². The van der Waals surface area contributed by atoms with Crippen molar-refractivity contribution >= 4 is 10.9 Å². The maximum atomic E-state index is 13.2. The summed E-state index contributed by atoms with van der Waals surface area (Å²) in [5, 5.41) is 0.933. The molecule has 1 aromatic heterocycles. The fourth-order valence-electron chi connectivity index (χ4n) is 2.79. The molecule has 2 aromatic carbocycles. The fraction of sp³-hybridized carbons (Fsp3) is 0.222. The minimum Gasteiger partial charge on any atom is -0.289 e. The van der Waals surface area contributed by atoms with Crippen LogP contribution in [0.4, 0.5) is 4.39 Å². The molecule has 0 aliphatic carbocycles. The van der Waals surface area contributed by atoms with Crippen LogP contribution in [0, 0.1) is 12.7 Å². The Bertz CT molecular complexity index is 895. The second kappa shape index (κ2) is 5.37. The van der Waals surface area contributed by atoms with E-state index in [0.29, 0.717) is 5.69 Å². The molecule has 0 saturated heterocycles. The molecule has 0 aliphatic rings. The lowest BCUT2D eigenvalue weighted by molar-refractivity contribution is 0.587. The molecule has 3 rings (SSSR count). The van der Waals surface area contributed by atoms with Crippen LogP contribution in [0.25, 0.3) is 22.2 Å². The molecular weight excluding hydrogens is 279 g/mol. The van der Waals surface area contributed by atoms with E-state index in [1.165, 1.54) is 12.1 Å². The first-order valence-electron chi connectivity index (χ1n) is 7.27. The number of benzene rings is 2. The normalized spacial score (nSPS) is 11.3. The van der Waals surface area contributed by atoms with Gasteiger partial charge in [-0.1, -0.05) is 12.1 Å². The maximum Gasteiger partial charge on any atom is 0.348 e. The molecule has 0 bridgehead atoms. The molecule has 0 spiro atoms. The number of hydrogen-bond donors (Lipinski definition) is 0. The summed E-state index contributed by atoms with van der Waals surface area (Å²) in [5.74, 6) is -0.305. The zero-order valence-corrected chi connectivity index (χ0v) is 12.8. The molecule has 0 fully saturated rings. The number of aryl methyl sites for hydroxylation is 1. The van der Waals surface area contributed by atoms with Gasteiger partial charge in [0.1, 0.15) is 5.82 Å². The lowest BCUT2D eigenvalue weighted by Crippen LogP contribution is -2.25. The topological polar surface area (TPSA) is 34.9 Å². The molecule has 0 radical (unpaired) electrons. The van der Waals surface area contributed by atoms with Gasteiger partial charge in [0.05, 0.1) is 11.2 Å². The fourth-order valence-corrected chi connectivity index (χ4v) is 2.79. The zero-order valence-electron chi connectivity index (χ0n) is 12.8. The van der Waals surface area contributed by atoms with E-state index < -0.39 is 0 Å². The minimum atomic E-state index is -0.305. The van der Waals surface area contributed by atoms with Crippen molar-refractivity contribution < 1.29 is 4.39 Å².